The molecule has 0 aliphatic heterocycles. The third-order valence-corrected chi connectivity index (χ3v) is 4.58. The van der Waals surface area contributed by atoms with Crippen molar-refractivity contribution in [3.05, 3.63) is 84.6 Å². The second kappa shape index (κ2) is 5.93. The number of fused-ring (bicyclic) bond motifs is 1. The Kier molecular flexibility index (Phi) is 3.62. The van der Waals surface area contributed by atoms with Gasteiger partial charge in [-0.05, 0) is 17.7 Å². The summed E-state index contributed by atoms with van der Waals surface area (Å²) in [5.41, 5.74) is 3.58. The molecule has 0 saturated carbocycles. The van der Waals surface area contributed by atoms with E-state index < -0.39 is 0 Å². The van der Waals surface area contributed by atoms with E-state index in [0.717, 1.165) is 5.69 Å². The summed E-state index contributed by atoms with van der Waals surface area (Å²) in [4.78, 5) is 0. The Morgan fingerprint density at radius 2 is 1.58 bits per heavy atom. The van der Waals surface area contributed by atoms with Gasteiger partial charge in [0.1, 0.15) is 13.1 Å². The Morgan fingerprint density at radius 1 is 0.875 bits per heavy atom. The van der Waals surface area contributed by atoms with Crippen LogP contribution in [0.1, 0.15) is 18.5 Å². The molecule has 4 rings (SSSR count). The summed E-state index contributed by atoms with van der Waals surface area (Å²) < 4.78 is 3.99. The highest BCUT2D eigenvalue weighted by Gasteiger charge is 2.21. The van der Waals surface area contributed by atoms with Crippen molar-refractivity contribution in [2.45, 2.75) is 13.0 Å². The summed E-state index contributed by atoms with van der Waals surface area (Å²) in [6, 6.07) is 25.5. The van der Waals surface area contributed by atoms with Gasteiger partial charge in [-0.3, -0.25) is 0 Å². The van der Waals surface area contributed by atoms with Gasteiger partial charge in [0.05, 0.1) is 5.21 Å². The highest BCUT2D eigenvalue weighted by molar-refractivity contribution is 5.85. The van der Waals surface area contributed by atoms with E-state index in [2.05, 4.69) is 79.9 Å². The maximum Gasteiger partial charge on any atom is 0.197 e. The van der Waals surface area contributed by atoms with Crippen LogP contribution in [0.15, 0.2) is 79.0 Å². The van der Waals surface area contributed by atoms with Crippen LogP contribution in [-0.4, -0.2) is 9.90 Å². The zero-order valence-electron chi connectivity index (χ0n) is 13.9. The van der Waals surface area contributed by atoms with Crippen molar-refractivity contribution in [2.24, 2.45) is 7.05 Å². The number of nitrogens with zero attached hydrogens (tertiary/aromatic N) is 3. The fourth-order valence-corrected chi connectivity index (χ4v) is 3.25. The molecule has 0 bridgehead atoms. The lowest BCUT2D eigenvalue weighted by Gasteiger charge is -2.10. The van der Waals surface area contributed by atoms with E-state index in [0.29, 0.717) is 0 Å². The molecule has 0 aliphatic carbocycles. The van der Waals surface area contributed by atoms with Gasteiger partial charge >= 0.3 is 0 Å². The average molecular weight is 314 g/mol. The third kappa shape index (κ3) is 2.48. The SMILES string of the molecule is C[C@@H](c1cccc2ccccc12)[n+]1cc(-c2ccccc2)n(C)n1. The van der Waals surface area contributed by atoms with Crippen molar-refractivity contribution >= 4 is 10.8 Å². The molecule has 1 atom stereocenters. The van der Waals surface area contributed by atoms with Crippen molar-refractivity contribution in [1.82, 2.24) is 9.90 Å². The van der Waals surface area contributed by atoms with Crippen molar-refractivity contribution in [1.29, 1.82) is 0 Å². The van der Waals surface area contributed by atoms with Gasteiger partial charge in [0.25, 0.3) is 0 Å². The molecule has 0 saturated heterocycles. The van der Waals surface area contributed by atoms with Crippen molar-refractivity contribution in [3.8, 4) is 11.3 Å². The van der Waals surface area contributed by atoms with Crippen LogP contribution in [0.3, 0.4) is 0 Å². The molecule has 3 nitrogen and oxygen atoms in total. The van der Waals surface area contributed by atoms with Gasteiger partial charge in [0, 0.05) is 11.1 Å². The number of rotatable bonds is 3. The van der Waals surface area contributed by atoms with Crippen LogP contribution < -0.4 is 4.68 Å². The van der Waals surface area contributed by atoms with E-state index in [4.69, 9.17) is 5.21 Å². The molecule has 3 heteroatoms. The lowest BCUT2D eigenvalue weighted by Crippen LogP contribution is -2.40. The molecule has 0 fully saturated rings. The van der Waals surface area contributed by atoms with Crippen LogP contribution in [0.5, 0.6) is 0 Å². The zero-order chi connectivity index (χ0) is 16.5. The zero-order valence-corrected chi connectivity index (χ0v) is 13.9. The Balaban J connectivity index is 1.79. The van der Waals surface area contributed by atoms with Crippen LogP contribution in [-0.2, 0) is 7.05 Å². The van der Waals surface area contributed by atoms with Gasteiger partial charge in [-0.1, -0.05) is 72.8 Å². The third-order valence-electron chi connectivity index (χ3n) is 4.58. The fraction of sp³-hybridized carbons (Fsp3) is 0.143. The molecule has 24 heavy (non-hydrogen) atoms. The minimum atomic E-state index is 0.166. The Morgan fingerprint density at radius 3 is 2.42 bits per heavy atom. The molecule has 0 amide bonds. The molecule has 0 N–H and O–H groups in total. The molecule has 118 valence electrons. The lowest BCUT2D eigenvalue weighted by atomic mass is 10.00. The largest absolute Gasteiger partial charge is 0.197 e. The first-order valence-corrected chi connectivity index (χ1v) is 8.22. The van der Waals surface area contributed by atoms with Crippen molar-refractivity contribution in [2.75, 3.05) is 0 Å². The first kappa shape index (κ1) is 14.6. The average Bonchev–Trinajstić information content (AvgIpc) is 3.03. The minimum Gasteiger partial charge on any atom is -0.133 e. The molecular formula is C21H20N3+. The molecular weight excluding hydrogens is 294 g/mol. The number of hydrogen-bond donors (Lipinski definition) is 0. The van der Waals surface area contributed by atoms with E-state index in [1.165, 1.54) is 21.9 Å². The van der Waals surface area contributed by atoms with Gasteiger partial charge in [0.2, 0.25) is 0 Å². The minimum absolute atomic E-state index is 0.166. The van der Waals surface area contributed by atoms with Crippen LogP contribution >= 0.6 is 0 Å². The summed E-state index contributed by atoms with van der Waals surface area (Å²) in [6.07, 6.45) is 2.13. The van der Waals surface area contributed by atoms with E-state index in [9.17, 15) is 0 Å². The lowest BCUT2D eigenvalue weighted by molar-refractivity contribution is -0.767. The highest BCUT2D eigenvalue weighted by Crippen LogP contribution is 2.24. The molecule has 1 aromatic heterocycles. The summed E-state index contributed by atoms with van der Waals surface area (Å²) in [6.45, 7) is 2.20. The van der Waals surface area contributed by atoms with E-state index in [1.54, 1.807) is 0 Å². The second-order valence-electron chi connectivity index (χ2n) is 6.12. The van der Waals surface area contributed by atoms with Crippen molar-refractivity contribution < 1.29 is 4.68 Å². The predicted molar refractivity (Wildman–Crippen MR) is 96.6 cm³/mol. The smallest absolute Gasteiger partial charge is 0.133 e. The monoisotopic (exact) mass is 314 g/mol. The van der Waals surface area contributed by atoms with Gasteiger partial charge < -0.3 is 0 Å². The summed E-state index contributed by atoms with van der Waals surface area (Å²) in [7, 11) is 1.99. The molecule has 0 unspecified atom stereocenters. The molecule has 0 radical (unpaired) electrons. The maximum absolute atomic E-state index is 4.70. The standard InChI is InChI=1S/C21H20N3/c1-16(19-14-8-12-17-9-6-7-13-20(17)19)24-15-21(23(2)22-24)18-10-4-3-5-11-18/h3-16H,1-2H3/q+1/t16-/m0/s1. The first-order valence-electron chi connectivity index (χ1n) is 8.22. The van der Waals surface area contributed by atoms with E-state index >= 15 is 0 Å². The normalized spacial score (nSPS) is 12.4. The Bertz CT molecular complexity index is 981. The number of hydrogen-bond acceptors (Lipinski definition) is 1. The Hall–Kier alpha value is -2.94. The van der Waals surface area contributed by atoms with Crippen LogP contribution in [0.2, 0.25) is 0 Å². The molecule has 0 aliphatic rings. The van der Waals surface area contributed by atoms with Crippen molar-refractivity contribution in [3.63, 3.8) is 0 Å². The van der Waals surface area contributed by atoms with E-state index in [1.807, 2.05) is 22.5 Å². The van der Waals surface area contributed by atoms with Crippen LogP contribution in [0, 0.1) is 0 Å². The summed E-state index contributed by atoms with van der Waals surface area (Å²) in [5, 5.41) is 7.25. The fourth-order valence-electron chi connectivity index (χ4n) is 3.25. The quantitative estimate of drug-likeness (QED) is 0.521. The molecule has 1 heterocycles. The molecule has 0 spiro atoms. The van der Waals surface area contributed by atoms with Gasteiger partial charge in [-0.2, -0.15) is 0 Å². The molecule has 3 aromatic carbocycles. The first-order chi connectivity index (χ1) is 11.7. The topological polar surface area (TPSA) is 21.7 Å². The van der Waals surface area contributed by atoms with Crippen LogP contribution in [0.4, 0.5) is 0 Å². The number of benzene rings is 3. The van der Waals surface area contributed by atoms with Gasteiger partial charge in [0.15, 0.2) is 11.9 Å². The summed E-state index contributed by atoms with van der Waals surface area (Å²) in [5.74, 6) is 0. The highest BCUT2D eigenvalue weighted by atomic mass is 15.5. The predicted octanol–water partition coefficient (Wildman–Crippen LogP) is 4.14. The second-order valence-corrected chi connectivity index (χ2v) is 6.12. The van der Waals surface area contributed by atoms with E-state index in [-0.39, 0.29) is 6.04 Å². The van der Waals surface area contributed by atoms with Crippen LogP contribution in [0.25, 0.3) is 22.0 Å². The summed E-state index contributed by atoms with van der Waals surface area (Å²) >= 11 is 0. The molecule has 4 aromatic rings. The van der Waals surface area contributed by atoms with Gasteiger partial charge in [-0.15, -0.1) is 9.36 Å². The number of aryl methyl sites for hydroxylation is 1. The maximum atomic E-state index is 4.70. The number of aromatic nitrogens is 3. The Labute approximate surface area is 141 Å². The van der Waals surface area contributed by atoms with Gasteiger partial charge in [-0.25, -0.2) is 0 Å².